The summed E-state index contributed by atoms with van der Waals surface area (Å²) in [5.41, 5.74) is 1.66. The zero-order valence-electron chi connectivity index (χ0n) is 11.5. The fourth-order valence-corrected chi connectivity index (χ4v) is 1.51. The fourth-order valence-electron chi connectivity index (χ4n) is 1.51. The summed E-state index contributed by atoms with van der Waals surface area (Å²) in [5, 5.41) is 14.0. The first kappa shape index (κ1) is 14.8. The van der Waals surface area contributed by atoms with Gasteiger partial charge in [-0.25, -0.2) is 4.79 Å². The lowest BCUT2D eigenvalue weighted by Crippen LogP contribution is -2.32. The number of carbonyl (C=O) groups excluding carboxylic acids is 1. The molecule has 0 heterocycles. The Morgan fingerprint density at radius 1 is 1.53 bits per heavy atom. The van der Waals surface area contributed by atoms with Gasteiger partial charge in [0, 0.05) is 12.2 Å². The van der Waals surface area contributed by atoms with Crippen LogP contribution in [-0.4, -0.2) is 19.2 Å². The van der Waals surface area contributed by atoms with Crippen molar-refractivity contribution in [2.75, 3.05) is 18.5 Å². The number of nitrogens with zero attached hydrogens (tertiary/aromatic N) is 1. The second kappa shape index (κ2) is 7.27. The first-order chi connectivity index (χ1) is 9.06. The number of ether oxygens (including phenoxy) is 1. The Hall–Kier alpha value is -2.22. The molecule has 0 aliphatic rings. The van der Waals surface area contributed by atoms with Crippen molar-refractivity contribution in [2.45, 2.75) is 20.8 Å². The molecular formula is C14H19N3O2. The van der Waals surface area contributed by atoms with Gasteiger partial charge in [-0.3, -0.25) is 0 Å². The summed E-state index contributed by atoms with van der Waals surface area (Å²) in [6, 6.07) is 7.20. The van der Waals surface area contributed by atoms with Gasteiger partial charge in [-0.2, -0.15) is 5.26 Å². The minimum atomic E-state index is -0.314. The van der Waals surface area contributed by atoms with Gasteiger partial charge in [0.1, 0.15) is 5.75 Å². The van der Waals surface area contributed by atoms with E-state index in [-0.39, 0.29) is 11.9 Å². The molecule has 0 aromatic heterocycles. The number of carbonyl (C=O) groups is 1. The number of amides is 2. The van der Waals surface area contributed by atoms with Crippen molar-refractivity contribution in [2.24, 2.45) is 5.92 Å². The van der Waals surface area contributed by atoms with E-state index in [0.29, 0.717) is 18.8 Å². The minimum absolute atomic E-state index is 0.201. The molecule has 1 unspecified atom stereocenters. The average Bonchev–Trinajstić information content (AvgIpc) is 2.39. The summed E-state index contributed by atoms with van der Waals surface area (Å²) in [6.07, 6.45) is 0. The lowest BCUT2D eigenvalue weighted by atomic mass is 10.2. The normalized spacial score (nSPS) is 11.3. The molecule has 5 nitrogen and oxygen atoms in total. The zero-order valence-corrected chi connectivity index (χ0v) is 11.5. The molecule has 0 bridgehead atoms. The average molecular weight is 261 g/mol. The van der Waals surface area contributed by atoms with Gasteiger partial charge < -0.3 is 15.4 Å². The molecule has 1 atom stereocenters. The van der Waals surface area contributed by atoms with E-state index >= 15 is 0 Å². The Balaban J connectivity index is 2.55. The first-order valence-electron chi connectivity index (χ1n) is 6.24. The van der Waals surface area contributed by atoms with Gasteiger partial charge in [-0.05, 0) is 44.5 Å². The van der Waals surface area contributed by atoms with Crippen LogP contribution < -0.4 is 15.4 Å². The van der Waals surface area contributed by atoms with Crippen LogP contribution in [-0.2, 0) is 0 Å². The maximum absolute atomic E-state index is 11.6. The fraction of sp³-hybridized carbons (Fsp3) is 0.429. The van der Waals surface area contributed by atoms with E-state index < -0.39 is 0 Å². The maximum atomic E-state index is 11.6. The molecule has 5 heteroatoms. The summed E-state index contributed by atoms with van der Waals surface area (Å²) < 4.78 is 5.43. The van der Waals surface area contributed by atoms with Crippen LogP contribution in [0.1, 0.15) is 19.4 Å². The number of rotatable bonds is 5. The van der Waals surface area contributed by atoms with Crippen LogP contribution in [0.15, 0.2) is 18.2 Å². The molecule has 1 rings (SSSR count). The van der Waals surface area contributed by atoms with Crippen LogP contribution in [0.2, 0.25) is 0 Å². The lowest BCUT2D eigenvalue weighted by molar-refractivity contribution is 0.251. The summed E-state index contributed by atoms with van der Waals surface area (Å²) in [4.78, 5) is 11.6. The van der Waals surface area contributed by atoms with Crippen LogP contribution in [0.5, 0.6) is 5.75 Å². The van der Waals surface area contributed by atoms with Crippen molar-refractivity contribution in [1.29, 1.82) is 5.26 Å². The molecule has 1 aromatic rings. The van der Waals surface area contributed by atoms with Crippen LogP contribution in [0, 0.1) is 24.2 Å². The van der Waals surface area contributed by atoms with Gasteiger partial charge in [0.05, 0.1) is 18.6 Å². The third kappa shape index (κ3) is 4.88. The van der Waals surface area contributed by atoms with E-state index in [1.165, 1.54) is 0 Å². The van der Waals surface area contributed by atoms with Crippen molar-refractivity contribution >= 4 is 11.7 Å². The van der Waals surface area contributed by atoms with Crippen molar-refractivity contribution in [3.63, 3.8) is 0 Å². The molecule has 0 fully saturated rings. The molecule has 0 aliphatic carbocycles. The van der Waals surface area contributed by atoms with Gasteiger partial charge in [0.2, 0.25) is 0 Å². The van der Waals surface area contributed by atoms with Crippen LogP contribution in [0.3, 0.4) is 0 Å². The number of benzene rings is 1. The predicted octanol–water partition coefficient (Wildman–Crippen LogP) is 2.67. The third-order valence-electron chi connectivity index (χ3n) is 2.52. The quantitative estimate of drug-likeness (QED) is 0.855. The van der Waals surface area contributed by atoms with E-state index in [1.54, 1.807) is 13.0 Å². The number of hydrogen-bond donors (Lipinski definition) is 2. The Labute approximate surface area is 113 Å². The standard InChI is InChI=1S/C14H19N3O2/c1-4-19-13-6-5-12(7-11(13)3)17-14(18)16-9-10(2)8-15/h5-7,10H,4,9H2,1-3H3,(H2,16,17,18). The number of hydrogen-bond acceptors (Lipinski definition) is 3. The predicted molar refractivity (Wildman–Crippen MR) is 74.1 cm³/mol. The molecule has 0 saturated heterocycles. The van der Waals surface area contributed by atoms with Gasteiger partial charge in [-0.1, -0.05) is 0 Å². The van der Waals surface area contributed by atoms with Crippen molar-refractivity contribution < 1.29 is 9.53 Å². The molecule has 2 amide bonds. The molecular weight excluding hydrogens is 242 g/mol. The van der Waals surface area contributed by atoms with Gasteiger partial charge in [-0.15, -0.1) is 0 Å². The Kier molecular flexibility index (Phi) is 5.68. The number of anilines is 1. The second-order valence-electron chi connectivity index (χ2n) is 4.28. The Morgan fingerprint density at radius 2 is 2.26 bits per heavy atom. The van der Waals surface area contributed by atoms with E-state index in [1.807, 2.05) is 26.0 Å². The molecule has 2 N–H and O–H groups in total. The third-order valence-corrected chi connectivity index (χ3v) is 2.52. The number of nitrogens with one attached hydrogen (secondary N) is 2. The minimum Gasteiger partial charge on any atom is -0.494 e. The Bertz CT molecular complexity index is 480. The molecule has 1 aromatic carbocycles. The largest absolute Gasteiger partial charge is 0.494 e. The first-order valence-corrected chi connectivity index (χ1v) is 6.24. The zero-order chi connectivity index (χ0) is 14.3. The second-order valence-corrected chi connectivity index (χ2v) is 4.28. The van der Waals surface area contributed by atoms with Crippen molar-refractivity contribution in [1.82, 2.24) is 5.32 Å². The topological polar surface area (TPSA) is 74.2 Å². The van der Waals surface area contributed by atoms with Crippen LogP contribution in [0.4, 0.5) is 10.5 Å². The van der Waals surface area contributed by atoms with E-state index in [2.05, 4.69) is 16.7 Å². The van der Waals surface area contributed by atoms with Crippen molar-refractivity contribution in [3.05, 3.63) is 23.8 Å². The molecule has 0 saturated carbocycles. The monoisotopic (exact) mass is 261 g/mol. The summed E-state index contributed by atoms with van der Waals surface area (Å²) >= 11 is 0. The number of urea groups is 1. The van der Waals surface area contributed by atoms with Crippen LogP contribution >= 0.6 is 0 Å². The highest BCUT2D eigenvalue weighted by molar-refractivity contribution is 5.89. The SMILES string of the molecule is CCOc1ccc(NC(=O)NCC(C)C#N)cc1C. The van der Waals surface area contributed by atoms with E-state index in [4.69, 9.17) is 10.00 Å². The highest BCUT2D eigenvalue weighted by Gasteiger charge is 2.06. The Morgan fingerprint density at radius 3 is 2.84 bits per heavy atom. The van der Waals surface area contributed by atoms with Crippen molar-refractivity contribution in [3.8, 4) is 11.8 Å². The number of aryl methyl sites for hydroxylation is 1. The molecule has 102 valence electrons. The highest BCUT2D eigenvalue weighted by Crippen LogP contribution is 2.21. The summed E-state index contributed by atoms with van der Waals surface area (Å²) in [6.45, 7) is 6.54. The van der Waals surface area contributed by atoms with Gasteiger partial charge in [0.15, 0.2) is 0 Å². The lowest BCUT2D eigenvalue weighted by Gasteiger charge is -2.11. The molecule has 0 aliphatic heterocycles. The van der Waals surface area contributed by atoms with E-state index in [0.717, 1.165) is 11.3 Å². The summed E-state index contributed by atoms with van der Waals surface area (Å²) in [5.74, 6) is 0.611. The number of nitriles is 1. The summed E-state index contributed by atoms with van der Waals surface area (Å²) in [7, 11) is 0. The molecule has 19 heavy (non-hydrogen) atoms. The molecule has 0 spiro atoms. The highest BCUT2D eigenvalue weighted by atomic mass is 16.5. The van der Waals surface area contributed by atoms with Gasteiger partial charge in [0.25, 0.3) is 0 Å². The maximum Gasteiger partial charge on any atom is 0.319 e. The smallest absolute Gasteiger partial charge is 0.319 e. The van der Waals surface area contributed by atoms with Crippen LogP contribution in [0.25, 0.3) is 0 Å². The van der Waals surface area contributed by atoms with E-state index in [9.17, 15) is 4.79 Å². The molecule has 0 radical (unpaired) electrons. The van der Waals surface area contributed by atoms with Gasteiger partial charge >= 0.3 is 6.03 Å².